The van der Waals surface area contributed by atoms with Gasteiger partial charge in [-0.15, -0.1) is 0 Å². The van der Waals surface area contributed by atoms with E-state index in [1.165, 1.54) is 6.33 Å². The van der Waals surface area contributed by atoms with Gasteiger partial charge in [0.05, 0.1) is 11.6 Å². The zero-order valence-corrected chi connectivity index (χ0v) is 11.9. The number of nitrogens with one attached hydrogen (secondary N) is 2. The Morgan fingerprint density at radius 2 is 2.33 bits per heavy atom. The average molecular weight is 304 g/mol. The van der Waals surface area contributed by atoms with Crippen molar-refractivity contribution >= 4 is 17.5 Å². The molecular weight excluding hydrogens is 290 g/mol. The maximum atomic E-state index is 12.0. The number of carbonyl (C=O) groups excluding carboxylic acids is 1. The standard InChI is InChI=1S/C14H14ClN5O/c15-12-8-11(4-3-10(12)2-1-6-16)14(21)17-7-5-13-18-9-19-20-13/h3-4,8-9H,5-7,16H2,(H,17,21)(H,18,19,20). The SMILES string of the molecule is NCC#Cc1ccc(C(=O)NCCc2ncn[nH]2)cc1Cl. The highest BCUT2D eigenvalue weighted by Crippen LogP contribution is 2.16. The first-order valence-electron chi connectivity index (χ1n) is 6.31. The van der Waals surface area contributed by atoms with Gasteiger partial charge in [-0.05, 0) is 18.2 Å². The average Bonchev–Trinajstić information content (AvgIpc) is 2.99. The van der Waals surface area contributed by atoms with Crippen LogP contribution in [0, 0.1) is 11.8 Å². The van der Waals surface area contributed by atoms with Crippen LogP contribution in [-0.4, -0.2) is 34.2 Å². The van der Waals surface area contributed by atoms with E-state index in [1.807, 2.05) is 0 Å². The van der Waals surface area contributed by atoms with Gasteiger partial charge in [0, 0.05) is 24.1 Å². The fourth-order valence-electron chi connectivity index (χ4n) is 1.65. The maximum Gasteiger partial charge on any atom is 0.251 e. The first-order valence-corrected chi connectivity index (χ1v) is 6.69. The predicted octanol–water partition coefficient (Wildman–Crippen LogP) is 0.741. The van der Waals surface area contributed by atoms with Gasteiger partial charge in [-0.1, -0.05) is 23.4 Å². The zero-order chi connectivity index (χ0) is 15.1. The number of halogens is 1. The molecule has 4 N–H and O–H groups in total. The molecule has 1 heterocycles. The van der Waals surface area contributed by atoms with E-state index in [2.05, 4.69) is 32.3 Å². The predicted molar refractivity (Wildman–Crippen MR) is 79.8 cm³/mol. The highest BCUT2D eigenvalue weighted by atomic mass is 35.5. The summed E-state index contributed by atoms with van der Waals surface area (Å²) < 4.78 is 0. The molecule has 1 amide bonds. The second-order valence-electron chi connectivity index (χ2n) is 4.14. The summed E-state index contributed by atoms with van der Waals surface area (Å²) in [4.78, 5) is 16.0. The molecule has 6 nitrogen and oxygen atoms in total. The van der Waals surface area contributed by atoms with E-state index in [0.717, 1.165) is 5.82 Å². The second kappa shape index (κ2) is 7.43. The number of rotatable bonds is 4. The van der Waals surface area contributed by atoms with E-state index in [0.29, 0.717) is 29.1 Å². The van der Waals surface area contributed by atoms with Crippen LogP contribution in [0.3, 0.4) is 0 Å². The van der Waals surface area contributed by atoms with E-state index >= 15 is 0 Å². The first kappa shape index (κ1) is 15.0. The monoisotopic (exact) mass is 303 g/mol. The Hall–Kier alpha value is -2.36. The van der Waals surface area contributed by atoms with Crippen LogP contribution in [0.25, 0.3) is 0 Å². The first-order chi connectivity index (χ1) is 10.2. The molecule has 0 atom stereocenters. The Morgan fingerprint density at radius 1 is 1.48 bits per heavy atom. The van der Waals surface area contributed by atoms with Crippen molar-refractivity contribution in [1.82, 2.24) is 20.5 Å². The molecule has 21 heavy (non-hydrogen) atoms. The Balaban J connectivity index is 1.94. The van der Waals surface area contributed by atoms with Gasteiger partial charge in [0.15, 0.2) is 0 Å². The summed E-state index contributed by atoms with van der Waals surface area (Å²) in [6.45, 7) is 0.723. The lowest BCUT2D eigenvalue weighted by molar-refractivity contribution is 0.0954. The quantitative estimate of drug-likeness (QED) is 0.726. The molecule has 2 aromatic rings. The molecule has 0 aliphatic heterocycles. The van der Waals surface area contributed by atoms with Crippen LogP contribution in [0.5, 0.6) is 0 Å². The fourth-order valence-corrected chi connectivity index (χ4v) is 1.88. The fraction of sp³-hybridized carbons (Fsp3) is 0.214. The lowest BCUT2D eigenvalue weighted by Gasteiger charge is -2.05. The zero-order valence-electron chi connectivity index (χ0n) is 11.2. The largest absolute Gasteiger partial charge is 0.352 e. The molecule has 108 valence electrons. The molecule has 0 radical (unpaired) electrons. The van der Waals surface area contributed by atoms with E-state index in [4.69, 9.17) is 17.3 Å². The van der Waals surface area contributed by atoms with Crippen molar-refractivity contribution < 1.29 is 4.79 Å². The number of nitrogens with zero attached hydrogens (tertiary/aromatic N) is 2. The molecule has 0 fully saturated rings. The number of aromatic nitrogens is 3. The summed E-state index contributed by atoms with van der Waals surface area (Å²) in [5.74, 6) is 6.09. The van der Waals surface area contributed by atoms with Gasteiger partial charge >= 0.3 is 0 Å². The summed E-state index contributed by atoms with van der Waals surface area (Å²) in [6.07, 6.45) is 2.01. The summed E-state index contributed by atoms with van der Waals surface area (Å²) in [5.41, 5.74) is 6.44. The van der Waals surface area contributed by atoms with Gasteiger partial charge in [-0.2, -0.15) is 5.10 Å². The summed E-state index contributed by atoms with van der Waals surface area (Å²) >= 11 is 6.08. The van der Waals surface area contributed by atoms with Gasteiger partial charge in [0.25, 0.3) is 5.91 Å². The Morgan fingerprint density at radius 3 is 3.00 bits per heavy atom. The van der Waals surface area contributed by atoms with Crippen LogP contribution in [0.2, 0.25) is 5.02 Å². The highest BCUT2D eigenvalue weighted by Gasteiger charge is 2.08. The molecule has 0 bridgehead atoms. The molecule has 1 aromatic heterocycles. The minimum absolute atomic E-state index is 0.199. The van der Waals surface area contributed by atoms with Gasteiger partial charge < -0.3 is 11.1 Å². The molecule has 0 aliphatic rings. The van der Waals surface area contributed by atoms with Gasteiger partial charge in [0.1, 0.15) is 12.2 Å². The summed E-state index contributed by atoms with van der Waals surface area (Å²) in [6, 6.07) is 4.97. The number of benzene rings is 1. The molecule has 0 saturated heterocycles. The van der Waals surface area contributed by atoms with Crippen molar-refractivity contribution in [3.05, 3.63) is 46.5 Å². The molecule has 0 aliphatic carbocycles. The van der Waals surface area contributed by atoms with Crippen molar-refractivity contribution in [3.8, 4) is 11.8 Å². The molecular formula is C14H14ClN5O. The Kier molecular flexibility index (Phi) is 5.32. The topological polar surface area (TPSA) is 96.7 Å². The number of H-pyrrole nitrogens is 1. The molecule has 2 rings (SSSR count). The third kappa shape index (κ3) is 4.31. The summed E-state index contributed by atoms with van der Waals surface area (Å²) in [7, 11) is 0. The number of hydrogen-bond donors (Lipinski definition) is 3. The van der Waals surface area contributed by atoms with E-state index in [-0.39, 0.29) is 12.5 Å². The smallest absolute Gasteiger partial charge is 0.251 e. The molecule has 1 aromatic carbocycles. The summed E-state index contributed by atoms with van der Waals surface area (Å²) in [5, 5.41) is 9.68. The number of carbonyl (C=O) groups is 1. The van der Waals surface area contributed by atoms with E-state index in [9.17, 15) is 4.79 Å². The minimum Gasteiger partial charge on any atom is -0.352 e. The van der Waals surface area contributed by atoms with Crippen LogP contribution in [-0.2, 0) is 6.42 Å². The van der Waals surface area contributed by atoms with E-state index < -0.39 is 0 Å². The minimum atomic E-state index is -0.199. The number of aromatic amines is 1. The highest BCUT2D eigenvalue weighted by molar-refractivity contribution is 6.32. The molecule has 0 unspecified atom stereocenters. The van der Waals surface area contributed by atoms with Crippen LogP contribution in [0.15, 0.2) is 24.5 Å². The van der Waals surface area contributed by atoms with Crippen LogP contribution < -0.4 is 11.1 Å². The molecule has 0 spiro atoms. The van der Waals surface area contributed by atoms with Crippen molar-refractivity contribution in [2.24, 2.45) is 5.73 Å². The van der Waals surface area contributed by atoms with Gasteiger partial charge in [0.2, 0.25) is 0 Å². The van der Waals surface area contributed by atoms with Crippen molar-refractivity contribution in [1.29, 1.82) is 0 Å². The number of nitrogens with two attached hydrogens (primary N) is 1. The van der Waals surface area contributed by atoms with Crippen LogP contribution in [0.4, 0.5) is 0 Å². The number of hydrogen-bond acceptors (Lipinski definition) is 4. The van der Waals surface area contributed by atoms with Crippen molar-refractivity contribution in [2.75, 3.05) is 13.1 Å². The van der Waals surface area contributed by atoms with Gasteiger partial charge in [-0.3, -0.25) is 9.89 Å². The van der Waals surface area contributed by atoms with Crippen LogP contribution >= 0.6 is 11.6 Å². The van der Waals surface area contributed by atoms with Crippen molar-refractivity contribution in [3.63, 3.8) is 0 Å². The van der Waals surface area contributed by atoms with Crippen LogP contribution in [0.1, 0.15) is 21.7 Å². The molecule has 0 saturated carbocycles. The van der Waals surface area contributed by atoms with Gasteiger partial charge in [-0.25, -0.2) is 4.98 Å². The Labute approximate surface area is 127 Å². The third-order valence-corrected chi connectivity index (χ3v) is 2.98. The van der Waals surface area contributed by atoms with Crippen molar-refractivity contribution in [2.45, 2.75) is 6.42 Å². The second-order valence-corrected chi connectivity index (χ2v) is 4.55. The lowest BCUT2D eigenvalue weighted by Crippen LogP contribution is -2.26. The number of amides is 1. The normalized spacial score (nSPS) is 9.81. The lowest BCUT2D eigenvalue weighted by atomic mass is 10.1. The van der Waals surface area contributed by atoms with E-state index in [1.54, 1.807) is 18.2 Å². The Bertz CT molecular complexity index is 672. The maximum absolute atomic E-state index is 12.0. The third-order valence-electron chi connectivity index (χ3n) is 2.67. The molecule has 7 heteroatoms.